The average Bonchev–Trinajstić information content (AvgIpc) is 3.53. The zero-order valence-corrected chi connectivity index (χ0v) is 16.3. The first kappa shape index (κ1) is 18.2. The Bertz CT molecular complexity index is 554. The molecule has 0 bridgehead atoms. The van der Waals surface area contributed by atoms with Gasteiger partial charge in [0, 0.05) is 50.7 Å². The quantitative estimate of drug-likeness (QED) is 0.744. The summed E-state index contributed by atoms with van der Waals surface area (Å²) in [4.78, 5) is 14.2. The molecule has 0 aromatic carbocycles. The van der Waals surface area contributed by atoms with Crippen LogP contribution >= 0.6 is 0 Å². The van der Waals surface area contributed by atoms with E-state index in [0.717, 1.165) is 44.6 Å². The molecule has 2 saturated heterocycles. The second-order valence-corrected chi connectivity index (χ2v) is 8.41. The Morgan fingerprint density at radius 2 is 1.85 bits per heavy atom. The second kappa shape index (κ2) is 8.66. The molecule has 2 aliphatic heterocycles. The van der Waals surface area contributed by atoms with Crippen LogP contribution < -0.4 is 4.90 Å². The molecule has 0 amide bonds. The van der Waals surface area contributed by atoms with E-state index < -0.39 is 0 Å². The molecule has 3 fully saturated rings. The Kier molecular flexibility index (Phi) is 6.05. The van der Waals surface area contributed by atoms with Gasteiger partial charge in [-0.1, -0.05) is 19.8 Å². The van der Waals surface area contributed by atoms with E-state index in [1.807, 2.05) is 12.4 Å². The van der Waals surface area contributed by atoms with Crippen LogP contribution in [0.4, 0.5) is 5.95 Å². The normalized spacial score (nSPS) is 27.7. The highest BCUT2D eigenvalue weighted by Gasteiger charge is 2.38. The Labute approximate surface area is 158 Å². The fourth-order valence-corrected chi connectivity index (χ4v) is 4.34. The Morgan fingerprint density at radius 3 is 2.54 bits per heavy atom. The summed E-state index contributed by atoms with van der Waals surface area (Å²) in [5.74, 6) is 1.71. The topological polar surface area (TPSA) is 41.5 Å². The predicted molar refractivity (Wildman–Crippen MR) is 104 cm³/mol. The number of ether oxygens (including phenoxy) is 1. The molecule has 0 radical (unpaired) electrons. The highest BCUT2D eigenvalue weighted by Crippen LogP contribution is 2.37. The lowest BCUT2D eigenvalue weighted by Crippen LogP contribution is -2.48. The number of morpholine rings is 1. The molecule has 0 spiro atoms. The largest absolute Gasteiger partial charge is 0.372 e. The lowest BCUT2D eigenvalue weighted by molar-refractivity contribution is -0.0993. The van der Waals surface area contributed by atoms with Crippen LogP contribution in [0.5, 0.6) is 0 Å². The van der Waals surface area contributed by atoms with E-state index in [1.165, 1.54) is 56.9 Å². The predicted octanol–water partition coefficient (Wildman–Crippen LogP) is 3.64. The van der Waals surface area contributed by atoms with E-state index in [4.69, 9.17) is 4.74 Å². The van der Waals surface area contributed by atoms with Crippen molar-refractivity contribution in [3.05, 3.63) is 18.0 Å². The minimum Gasteiger partial charge on any atom is -0.372 e. The SMILES string of the molecule is CCCC[C@@H]1CN(Cc2cnc(N3CCCCC3)nc2)C[C@H](C2CC2)O1. The third-order valence-corrected chi connectivity index (χ3v) is 6.03. The van der Waals surface area contributed by atoms with Gasteiger partial charge in [0.1, 0.15) is 0 Å². The van der Waals surface area contributed by atoms with E-state index in [9.17, 15) is 0 Å². The third-order valence-electron chi connectivity index (χ3n) is 6.03. The highest BCUT2D eigenvalue weighted by molar-refractivity contribution is 5.30. The number of piperidine rings is 1. The highest BCUT2D eigenvalue weighted by atomic mass is 16.5. The van der Waals surface area contributed by atoms with Crippen molar-refractivity contribution in [2.45, 2.75) is 77.0 Å². The van der Waals surface area contributed by atoms with Gasteiger partial charge in [-0.2, -0.15) is 0 Å². The minimum atomic E-state index is 0.405. The number of aromatic nitrogens is 2. The summed E-state index contributed by atoms with van der Waals surface area (Å²) in [7, 11) is 0. The van der Waals surface area contributed by atoms with E-state index >= 15 is 0 Å². The van der Waals surface area contributed by atoms with Crippen molar-refractivity contribution >= 4 is 5.95 Å². The van der Waals surface area contributed by atoms with Crippen molar-refractivity contribution in [2.75, 3.05) is 31.1 Å². The van der Waals surface area contributed by atoms with Crippen molar-refractivity contribution in [3.63, 3.8) is 0 Å². The van der Waals surface area contributed by atoms with Crippen LogP contribution in [0.2, 0.25) is 0 Å². The van der Waals surface area contributed by atoms with Crippen molar-refractivity contribution < 1.29 is 4.74 Å². The van der Waals surface area contributed by atoms with Crippen molar-refractivity contribution in [2.24, 2.45) is 5.92 Å². The van der Waals surface area contributed by atoms with Gasteiger partial charge in [-0.15, -0.1) is 0 Å². The maximum Gasteiger partial charge on any atom is 0.225 e. The van der Waals surface area contributed by atoms with E-state index in [0.29, 0.717) is 12.2 Å². The first-order chi connectivity index (χ1) is 12.8. The zero-order chi connectivity index (χ0) is 17.8. The number of hydrogen-bond acceptors (Lipinski definition) is 5. The van der Waals surface area contributed by atoms with Gasteiger partial charge in [0.25, 0.3) is 0 Å². The second-order valence-electron chi connectivity index (χ2n) is 8.41. The fraction of sp³-hybridized carbons (Fsp3) is 0.810. The summed E-state index contributed by atoms with van der Waals surface area (Å²) in [6.07, 6.45) is 15.2. The number of unbranched alkanes of at least 4 members (excludes halogenated alkanes) is 1. The van der Waals surface area contributed by atoms with Crippen LogP contribution in [-0.4, -0.2) is 53.3 Å². The van der Waals surface area contributed by atoms with Crippen molar-refractivity contribution in [3.8, 4) is 0 Å². The smallest absolute Gasteiger partial charge is 0.225 e. The van der Waals surface area contributed by atoms with Crippen LogP contribution in [0.3, 0.4) is 0 Å². The molecule has 4 rings (SSSR count). The molecule has 5 heteroatoms. The molecule has 26 heavy (non-hydrogen) atoms. The van der Waals surface area contributed by atoms with Crippen molar-refractivity contribution in [1.29, 1.82) is 0 Å². The van der Waals surface area contributed by atoms with Gasteiger partial charge in [-0.3, -0.25) is 4.90 Å². The summed E-state index contributed by atoms with van der Waals surface area (Å²) in [5, 5.41) is 0. The molecular formula is C21H34N4O. The molecule has 1 aromatic rings. The van der Waals surface area contributed by atoms with Gasteiger partial charge in [0.15, 0.2) is 0 Å². The molecule has 1 aromatic heterocycles. The Hall–Kier alpha value is -1.20. The summed E-state index contributed by atoms with van der Waals surface area (Å²) < 4.78 is 6.40. The molecule has 3 heterocycles. The van der Waals surface area contributed by atoms with Gasteiger partial charge in [-0.05, 0) is 44.4 Å². The number of rotatable bonds is 7. The summed E-state index contributed by atoms with van der Waals surface area (Å²) in [6.45, 7) is 7.55. The first-order valence-corrected chi connectivity index (χ1v) is 10.8. The Balaban J connectivity index is 1.35. The van der Waals surface area contributed by atoms with Crippen LogP contribution in [0.25, 0.3) is 0 Å². The van der Waals surface area contributed by atoms with Gasteiger partial charge < -0.3 is 9.64 Å². The van der Waals surface area contributed by atoms with Crippen LogP contribution in [0.1, 0.15) is 63.9 Å². The van der Waals surface area contributed by atoms with E-state index in [-0.39, 0.29) is 0 Å². The van der Waals surface area contributed by atoms with Gasteiger partial charge >= 0.3 is 0 Å². The molecule has 0 N–H and O–H groups in total. The molecule has 3 aliphatic rings. The third kappa shape index (κ3) is 4.74. The maximum atomic E-state index is 6.40. The summed E-state index contributed by atoms with van der Waals surface area (Å²) in [5.41, 5.74) is 1.23. The van der Waals surface area contributed by atoms with Gasteiger partial charge in [0.2, 0.25) is 5.95 Å². The standard InChI is InChI=1S/C21H34N4O/c1-2-3-7-19-15-24(16-20(26-19)18-8-9-18)14-17-12-22-21(23-13-17)25-10-5-4-6-11-25/h12-13,18-20H,2-11,14-16H2,1H3/t19-,20-/m1/s1. The van der Waals surface area contributed by atoms with Crippen LogP contribution in [-0.2, 0) is 11.3 Å². The lowest BCUT2D eigenvalue weighted by atomic mass is 10.1. The van der Waals surface area contributed by atoms with Gasteiger partial charge in [-0.25, -0.2) is 9.97 Å². The van der Waals surface area contributed by atoms with E-state index in [1.54, 1.807) is 0 Å². The van der Waals surface area contributed by atoms with Crippen molar-refractivity contribution in [1.82, 2.24) is 14.9 Å². The van der Waals surface area contributed by atoms with Gasteiger partial charge in [0.05, 0.1) is 12.2 Å². The zero-order valence-electron chi connectivity index (χ0n) is 16.3. The number of nitrogens with zero attached hydrogens (tertiary/aromatic N) is 4. The lowest BCUT2D eigenvalue weighted by Gasteiger charge is -2.38. The van der Waals surface area contributed by atoms with Crippen LogP contribution in [0.15, 0.2) is 12.4 Å². The summed E-state index contributed by atoms with van der Waals surface area (Å²) >= 11 is 0. The average molecular weight is 359 g/mol. The maximum absolute atomic E-state index is 6.40. The fourth-order valence-electron chi connectivity index (χ4n) is 4.34. The molecule has 1 aliphatic carbocycles. The Morgan fingerprint density at radius 1 is 1.08 bits per heavy atom. The molecule has 0 unspecified atom stereocenters. The molecule has 2 atom stereocenters. The first-order valence-electron chi connectivity index (χ1n) is 10.8. The monoisotopic (exact) mass is 358 g/mol. The molecule has 144 valence electrons. The summed E-state index contributed by atoms with van der Waals surface area (Å²) in [6, 6.07) is 0. The van der Waals surface area contributed by atoms with E-state index in [2.05, 4.69) is 26.7 Å². The number of hydrogen-bond donors (Lipinski definition) is 0. The number of anilines is 1. The molecule has 1 saturated carbocycles. The molecular weight excluding hydrogens is 324 g/mol. The minimum absolute atomic E-state index is 0.405. The molecule has 5 nitrogen and oxygen atoms in total. The van der Waals surface area contributed by atoms with Crippen LogP contribution in [0, 0.1) is 5.92 Å².